The van der Waals surface area contributed by atoms with Crippen molar-refractivity contribution in [1.82, 2.24) is 25.7 Å². The number of aryl methyl sites for hydroxylation is 1. The molecule has 1 aromatic heterocycles. The van der Waals surface area contributed by atoms with Crippen LogP contribution in [0.3, 0.4) is 0 Å². The number of rotatable bonds is 4. The minimum atomic E-state index is -0.0576. The van der Waals surface area contributed by atoms with Gasteiger partial charge < -0.3 is 16.0 Å². The highest BCUT2D eigenvalue weighted by molar-refractivity contribution is 5.92. The fraction of sp³-hybridized carbons (Fsp3) is 0.625. The van der Waals surface area contributed by atoms with Crippen molar-refractivity contribution in [2.45, 2.75) is 51.2 Å². The molecule has 1 aliphatic carbocycles. The third kappa shape index (κ3) is 3.10. The van der Waals surface area contributed by atoms with Crippen LogP contribution in [0, 0.1) is 5.92 Å². The normalized spacial score (nSPS) is 23.4. The number of hydrogen-bond donors (Lipinski definition) is 3. The summed E-state index contributed by atoms with van der Waals surface area (Å²) in [5.41, 5.74) is 1.69. The molecule has 22 heavy (non-hydrogen) atoms. The first-order chi connectivity index (χ1) is 10.6. The molecular weight excluding hydrogens is 278 g/mol. The summed E-state index contributed by atoms with van der Waals surface area (Å²) < 4.78 is 1.62. The number of amides is 1. The lowest BCUT2D eigenvalue weighted by Gasteiger charge is -2.32. The van der Waals surface area contributed by atoms with Crippen LogP contribution in [0.1, 0.15) is 49.5 Å². The molecule has 0 spiro atoms. The van der Waals surface area contributed by atoms with E-state index < -0.39 is 0 Å². The lowest BCUT2D eigenvalue weighted by atomic mass is 9.82. The van der Waals surface area contributed by atoms with E-state index in [4.69, 9.17) is 0 Å². The molecule has 6 nitrogen and oxygen atoms in total. The average molecular weight is 303 g/mol. The van der Waals surface area contributed by atoms with Gasteiger partial charge in [0, 0.05) is 19.4 Å². The molecule has 2 aliphatic rings. The Balaban J connectivity index is 1.76. The van der Waals surface area contributed by atoms with Gasteiger partial charge in [-0.15, -0.1) is 0 Å². The van der Waals surface area contributed by atoms with Crippen molar-refractivity contribution >= 4 is 5.91 Å². The first kappa shape index (κ1) is 14.9. The number of aromatic nitrogens is 2. The summed E-state index contributed by atoms with van der Waals surface area (Å²) in [6.45, 7) is 2.07. The van der Waals surface area contributed by atoms with Gasteiger partial charge in [0.2, 0.25) is 0 Å². The summed E-state index contributed by atoms with van der Waals surface area (Å²) in [5, 5.41) is 14.0. The van der Waals surface area contributed by atoms with Crippen LogP contribution in [0.15, 0.2) is 24.2 Å². The van der Waals surface area contributed by atoms with Crippen LogP contribution in [-0.2, 0) is 7.05 Å². The zero-order chi connectivity index (χ0) is 15.5. The second-order valence-corrected chi connectivity index (χ2v) is 6.32. The Morgan fingerprint density at radius 3 is 2.77 bits per heavy atom. The largest absolute Gasteiger partial charge is 0.370 e. The summed E-state index contributed by atoms with van der Waals surface area (Å²) in [7, 11) is 1.79. The van der Waals surface area contributed by atoms with Gasteiger partial charge in [-0.2, -0.15) is 5.10 Å². The zero-order valence-electron chi connectivity index (χ0n) is 13.3. The molecule has 0 radical (unpaired) electrons. The molecule has 3 rings (SSSR count). The van der Waals surface area contributed by atoms with Gasteiger partial charge in [0.25, 0.3) is 5.91 Å². The van der Waals surface area contributed by atoms with Crippen LogP contribution in [0.5, 0.6) is 0 Å². The molecule has 6 heteroatoms. The minimum Gasteiger partial charge on any atom is -0.370 e. The Morgan fingerprint density at radius 2 is 2.18 bits per heavy atom. The van der Waals surface area contributed by atoms with Crippen molar-refractivity contribution in [3.63, 3.8) is 0 Å². The van der Waals surface area contributed by atoms with Gasteiger partial charge in [0.1, 0.15) is 5.69 Å². The zero-order valence-corrected chi connectivity index (χ0v) is 13.3. The van der Waals surface area contributed by atoms with E-state index in [2.05, 4.69) is 28.0 Å². The van der Waals surface area contributed by atoms with Gasteiger partial charge in [-0.05, 0) is 31.7 Å². The Morgan fingerprint density at radius 1 is 1.41 bits per heavy atom. The quantitative estimate of drug-likeness (QED) is 0.788. The van der Waals surface area contributed by atoms with Crippen molar-refractivity contribution in [2.75, 3.05) is 0 Å². The van der Waals surface area contributed by atoms with E-state index in [9.17, 15) is 4.79 Å². The Hall–Kier alpha value is -1.98. The van der Waals surface area contributed by atoms with E-state index >= 15 is 0 Å². The predicted octanol–water partition coefficient (Wildman–Crippen LogP) is 1.48. The molecular formula is C16H25N5O. The van der Waals surface area contributed by atoms with Gasteiger partial charge in [-0.1, -0.05) is 19.3 Å². The van der Waals surface area contributed by atoms with Crippen molar-refractivity contribution in [3.05, 3.63) is 29.9 Å². The fourth-order valence-corrected chi connectivity index (χ4v) is 3.46. The van der Waals surface area contributed by atoms with E-state index in [-0.39, 0.29) is 18.1 Å². The van der Waals surface area contributed by atoms with E-state index in [1.165, 1.54) is 32.1 Å². The molecule has 1 amide bonds. The van der Waals surface area contributed by atoms with Crippen LogP contribution in [0.25, 0.3) is 0 Å². The molecule has 0 saturated heterocycles. The Kier molecular flexibility index (Phi) is 4.36. The van der Waals surface area contributed by atoms with E-state index in [0.717, 1.165) is 5.70 Å². The standard InChI is InChI=1S/C16H25N5O/c1-11-17-10-13(19-11)15(12-6-4-3-5-7-12)20-16(22)14-8-9-18-21(14)2/h8-12,15,17,19H,3-7H2,1-2H3,(H,20,22). The molecule has 2 unspecified atom stereocenters. The highest BCUT2D eigenvalue weighted by Crippen LogP contribution is 2.29. The van der Waals surface area contributed by atoms with E-state index in [1.54, 1.807) is 24.0 Å². The highest BCUT2D eigenvalue weighted by Gasteiger charge is 2.31. The molecule has 1 aliphatic heterocycles. The summed E-state index contributed by atoms with van der Waals surface area (Å²) in [5.74, 6) is 0.439. The minimum absolute atomic E-state index is 0.0418. The molecule has 120 valence electrons. The van der Waals surface area contributed by atoms with Gasteiger partial charge in [0.05, 0.1) is 17.9 Å². The lowest BCUT2D eigenvalue weighted by molar-refractivity contribution is 0.0912. The van der Waals surface area contributed by atoms with Crippen LogP contribution < -0.4 is 16.0 Å². The average Bonchev–Trinajstić information content (AvgIpc) is 3.14. The number of nitrogens with one attached hydrogen (secondary N) is 3. The third-order valence-corrected chi connectivity index (χ3v) is 4.67. The van der Waals surface area contributed by atoms with Crippen molar-refractivity contribution in [1.29, 1.82) is 0 Å². The van der Waals surface area contributed by atoms with Gasteiger partial charge in [-0.25, -0.2) is 0 Å². The molecule has 0 bridgehead atoms. The summed E-state index contributed by atoms with van der Waals surface area (Å²) in [4.78, 5) is 12.6. The Bertz CT molecular complexity index is 559. The second-order valence-electron chi connectivity index (χ2n) is 6.32. The molecule has 1 fully saturated rings. The first-order valence-corrected chi connectivity index (χ1v) is 8.16. The predicted molar refractivity (Wildman–Crippen MR) is 84.9 cm³/mol. The molecule has 2 heterocycles. The molecule has 1 aromatic rings. The molecule has 1 saturated carbocycles. The van der Waals surface area contributed by atoms with Crippen LogP contribution in [-0.4, -0.2) is 27.9 Å². The lowest BCUT2D eigenvalue weighted by Crippen LogP contribution is -2.46. The van der Waals surface area contributed by atoms with E-state index in [0.29, 0.717) is 11.6 Å². The molecule has 3 N–H and O–H groups in total. The van der Waals surface area contributed by atoms with Crippen molar-refractivity contribution in [2.24, 2.45) is 13.0 Å². The van der Waals surface area contributed by atoms with Crippen LogP contribution >= 0.6 is 0 Å². The summed E-state index contributed by atoms with van der Waals surface area (Å²) >= 11 is 0. The van der Waals surface area contributed by atoms with Crippen molar-refractivity contribution < 1.29 is 4.79 Å². The number of carbonyl (C=O) groups is 1. The smallest absolute Gasteiger partial charge is 0.270 e. The van der Waals surface area contributed by atoms with E-state index in [1.807, 2.05) is 6.20 Å². The maximum absolute atomic E-state index is 12.6. The Labute approximate surface area is 131 Å². The summed E-state index contributed by atoms with van der Waals surface area (Å²) in [6, 6.07) is 1.80. The van der Waals surface area contributed by atoms with Gasteiger partial charge in [-0.3, -0.25) is 9.48 Å². The third-order valence-electron chi connectivity index (χ3n) is 4.67. The van der Waals surface area contributed by atoms with Crippen LogP contribution in [0.2, 0.25) is 0 Å². The monoisotopic (exact) mass is 303 g/mol. The maximum Gasteiger partial charge on any atom is 0.270 e. The first-order valence-electron chi connectivity index (χ1n) is 8.16. The SMILES string of the molecule is CC1NC=C(C(NC(=O)c2ccnn2C)C2CCCCC2)N1. The highest BCUT2D eigenvalue weighted by atomic mass is 16.2. The molecule has 0 aromatic carbocycles. The van der Waals surface area contributed by atoms with Crippen LogP contribution in [0.4, 0.5) is 0 Å². The topological polar surface area (TPSA) is 71.0 Å². The maximum atomic E-state index is 12.6. The fourth-order valence-electron chi connectivity index (χ4n) is 3.46. The summed E-state index contributed by atoms with van der Waals surface area (Å²) in [6.07, 6.45) is 10.0. The molecule has 2 atom stereocenters. The second kappa shape index (κ2) is 6.42. The van der Waals surface area contributed by atoms with Crippen molar-refractivity contribution in [3.8, 4) is 0 Å². The number of hydrogen-bond acceptors (Lipinski definition) is 4. The van der Waals surface area contributed by atoms with Gasteiger partial charge in [0.15, 0.2) is 0 Å². The van der Waals surface area contributed by atoms with Gasteiger partial charge >= 0.3 is 0 Å². The number of carbonyl (C=O) groups excluding carboxylic acids is 1. The number of nitrogens with zero attached hydrogens (tertiary/aromatic N) is 2.